The zero-order chi connectivity index (χ0) is 10.8. The Hall–Kier alpha value is 0.330. The van der Waals surface area contributed by atoms with Crippen LogP contribution >= 0.6 is 11.9 Å². The molecule has 2 N–H and O–H groups in total. The predicted octanol–water partition coefficient (Wildman–Crippen LogP) is 3.30. The molecule has 1 aliphatic rings. The fourth-order valence-electron chi connectivity index (χ4n) is 1.38. The molecule has 0 spiro atoms. The van der Waals surface area contributed by atoms with E-state index in [2.05, 4.69) is 30.6 Å². The first-order valence-corrected chi connectivity index (χ1v) is 6.76. The van der Waals surface area contributed by atoms with Gasteiger partial charge in [0.2, 0.25) is 0 Å². The molecule has 0 unspecified atom stereocenters. The molecule has 0 saturated heterocycles. The molecule has 1 fully saturated rings. The summed E-state index contributed by atoms with van der Waals surface area (Å²) >= 11 is 6.01. The predicted molar refractivity (Wildman–Crippen MR) is 68.1 cm³/mol. The van der Waals surface area contributed by atoms with Gasteiger partial charge in [0.05, 0.1) is 6.04 Å². The van der Waals surface area contributed by atoms with Crippen LogP contribution in [0.4, 0.5) is 0 Å². The van der Waals surface area contributed by atoms with E-state index in [1.807, 2.05) is 0 Å². The third kappa shape index (κ3) is 8.91. The van der Waals surface area contributed by atoms with Crippen LogP contribution in [0.3, 0.4) is 0 Å². The molecule has 4 heteroatoms. The first kappa shape index (κ1) is 14.3. The molecule has 0 aliphatic heterocycles. The highest BCUT2D eigenvalue weighted by atomic mass is 32.2. The van der Waals surface area contributed by atoms with Crippen molar-refractivity contribution >= 4 is 24.4 Å². The Kier molecular flexibility index (Phi) is 10.1. The maximum atomic E-state index is 5.15. The summed E-state index contributed by atoms with van der Waals surface area (Å²) in [6.45, 7) is 4.31. The maximum Gasteiger partial charge on any atom is 0.0630 e. The molecule has 14 heavy (non-hydrogen) atoms. The van der Waals surface area contributed by atoms with Crippen molar-refractivity contribution in [1.82, 2.24) is 0 Å². The molecule has 84 valence electrons. The molecular weight excluding hydrogens is 212 g/mol. The quantitative estimate of drug-likeness (QED) is 0.762. The molecular formula is C10H22N2S2. The van der Waals surface area contributed by atoms with Crippen LogP contribution in [-0.2, 0) is 12.4 Å². The molecule has 1 aliphatic carbocycles. The fraction of sp³-hybridized carbons (Fsp3) is 1.00. The van der Waals surface area contributed by atoms with E-state index in [-0.39, 0.29) is 0 Å². The highest BCUT2D eigenvalue weighted by Gasteiger charge is 2.10. The zero-order valence-corrected chi connectivity index (χ0v) is 10.9. The summed E-state index contributed by atoms with van der Waals surface area (Å²) in [5.41, 5.74) is 0. The van der Waals surface area contributed by atoms with Crippen LogP contribution < -0.4 is 5.14 Å². The maximum absolute atomic E-state index is 5.15. The summed E-state index contributed by atoms with van der Waals surface area (Å²) in [5, 5.41) is 5.15. The lowest BCUT2D eigenvalue weighted by Gasteiger charge is -2.14. The van der Waals surface area contributed by atoms with Crippen LogP contribution in [0.25, 0.3) is 0 Å². The van der Waals surface area contributed by atoms with Crippen molar-refractivity contribution in [3.63, 3.8) is 0 Å². The molecule has 0 aromatic heterocycles. The van der Waals surface area contributed by atoms with E-state index in [4.69, 9.17) is 5.14 Å². The summed E-state index contributed by atoms with van der Waals surface area (Å²) in [6, 6.07) is 0.527. The van der Waals surface area contributed by atoms with Crippen molar-refractivity contribution < 1.29 is 0 Å². The first-order valence-electron chi connectivity index (χ1n) is 5.34. The monoisotopic (exact) mass is 234 g/mol. The SMILES string of the molecule is CC(C)CSN.S=NC1CCCCC1. The van der Waals surface area contributed by atoms with E-state index in [0.29, 0.717) is 6.04 Å². The van der Waals surface area contributed by atoms with Crippen molar-refractivity contribution in [2.75, 3.05) is 5.75 Å². The molecule has 0 aromatic rings. The lowest BCUT2D eigenvalue weighted by Crippen LogP contribution is -2.07. The van der Waals surface area contributed by atoms with Crippen molar-refractivity contribution in [2.45, 2.75) is 52.0 Å². The van der Waals surface area contributed by atoms with Crippen molar-refractivity contribution in [3.05, 3.63) is 0 Å². The Balaban J connectivity index is 0.000000255. The third-order valence-electron chi connectivity index (χ3n) is 2.15. The lowest BCUT2D eigenvalue weighted by molar-refractivity contribution is 0.447. The second-order valence-corrected chi connectivity index (χ2v) is 5.00. The van der Waals surface area contributed by atoms with E-state index in [9.17, 15) is 0 Å². The molecule has 0 bridgehead atoms. The lowest BCUT2D eigenvalue weighted by atomic mass is 9.97. The van der Waals surface area contributed by atoms with E-state index in [0.717, 1.165) is 11.7 Å². The Morgan fingerprint density at radius 3 is 2.14 bits per heavy atom. The van der Waals surface area contributed by atoms with Crippen LogP contribution in [0.1, 0.15) is 46.0 Å². The zero-order valence-electron chi connectivity index (χ0n) is 9.24. The van der Waals surface area contributed by atoms with Crippen LogP contribution in [0.15, 0.2) is 4.36 Å². The van der Waals surface area contributed by atoms with Gasteiger partial charge in [0.25, 0.3) is 0 Å². The molecule has 1 rings (SSSR count). The van der Waals surface area contributed by atoms with Gasteiger partial charge in [-0.2, -0.15) is 0 Å². The standard InChI is InChI=1S/C6H11NS.C4H11NS/c8-7-6-4-2-1-3-5-6;1-4(2)3-6-5/h6H,1-5H2;4H,3,5H2,1-2H3. The van der Waals surface area contributed by atoms with E-state index < -0.39 is 0 Å². The van der Waals surface area contributed by atoms with Crippen molar-refractivity contribution in [3.8, 4) is 0 Å². The van der Waals surface area contributed by atoms with Crippen molar-refractivity contribution in [1.29, 1.82) is 0 Å². The second kappa shape index (κ2) is 9.87. The Morgan fingerprint density at radius 2 is 1.93 bits per heavy atom. The molecule has 2 nitrogen and oxygen atoms in total. The van der Waals surface area contributed by atoms with E-state index in [1.165, 1.54) is 44.1 Å². The second-order valence-electron chi connectivity index (χ2n) is 4.12. The van der Waals surface area contributed by atoms with Crippen LogP contribution in [0.5, 0.6) is 0 Å². The molecule has 0 amide bonds. The highest BCUT2D eigenvalue weighted by molar-refractivity contribution is 7.97. The molecule has 0 aromatic carbocycles. The minimum atomic E-state index is 0.527. The first-order chi connectivity index (χ1) is 6.70. The van der Waals surface area contributed by atoms with Crippen LogP contribution in [0, 0.1) is 5.92 Å². The molecule has 0 heterocycles. The van der Waals surface area contributed by atoms with Gasteiger partial charge in [-0.1, -0.05) is 45.1 Å². The summed E-state index contributed by atoms with van der Waals surface area (Å²) in [6.07, 6.45) is 6.55. The van der Waals surface area contributed by atoms with Crippen molar-refractivity contribution in [2.24, 2.45) is 15.4 Å². The number of hydrogen-bond donors (Lipinski definition) is 1. The van der Waals surface area contributed by atoms with Gasteiger partial charge in [-0.15, -0.1) is 0 Å². The highest BCUT2D eigenvalue weighted by Crippen LogP contribution is 2.19. The summed E-state index contributed by atoms with van der Waals surface area (Å²) in [4.78, 5) is 0. The number of hydrogen-bond acceptors (Lipinski definition) is 4. The number of nitrogens with two attached hydrogens (primary N) is 1. The molecule has 0 atom stereocenters. The van der Waals surface area contributed by atoms with E-state index in [1.54, 1.807) is 0 Å². The Morgan fingerprint density at radius 1 is 1.36 bits per heavy atom. The number of rotatable bonds is 3. The third-order valence-corrected chi connectivity index (χ3v) is 3.31. The van der Waals surface area contributed by atoms with Gasteiger partial charge in [-0.25, -0.2) is 4.36 Å². The van der Waals surface area contributed by atoms with Crippen LogP contribution in [-0.4, -0.2) is 11.8 Å². The van der Waals surface area contributed by atoms with Gasteiger partial charge < -0.3 is 0 Å². The molecule has 0 radical (unpaired) electrons. The largest absolute Gasteiger partial charge is 0.278 e. The van der Waals surface area contributed by atoms with Gasteiger partial charge >= 0.3 is 0 Å². The summed E-state index contributed by atoms with van der Waals surface area (Å²) in [5.74, 6) is 1.81. The molecule has 1 saturated carbocycles. The smallest absolute Gasteiger partial charge is 0.0630 e. The topological polar surface area (TPSA) is 38.4 Å². The average Bonchev–Trinajstić information content (AvgIpc) is 2.20. The minimum absolute atomic E-state index is 0.527. The summed E-state index contributed by atoms with van der Waals surface area (Å²) in [7, 11) is 0. The van der Waals surface area contributed by atoms with Gasteiger partial charge in [0.1, 0.15) is 0 Å². The fourth-order valence-corrected chi connectivity index (χ4v) is 1.97. The normalized spacial score (nSPS) is 17.4. The van der Waals surface area contributed by atoms with E-state index >= 15 is 0 Å². The summed E-state index contributed by atoms with van der Waals surface area (Å²) < 4.78 is 3.83. The Labute approximate surface area is 97.7 Å². The van der Waals surface area contributed by atoms with Gasteiger partial charge in [-0.05, 0) is 18.8 Å². The Bertz CT molecular complexity index is 134. The van der Waals surface area contributed by atoms with Gasteiger partial charge in [-0.3, -0.25) is 5.14 Å². The number of nitrogens with zero attached hydrogens (tertiary/aromatic N) is 1. The van der Waals surface area contributed by atoms with Gasteiger partial charge in [0, 0.05) is 18.2 Å². The van der Waals surface area contributed by atoms with Gasteiger partial charge in [0.15, 0.2) is 0 Å². The average molecular weight is 234 g/mol. The van der Waals surface area contributed by atoms with Crippen LogP contribution in [0.2, 0.25) is 0 Å². The minimum Gasteiger partial charge on any atom is -0.278 e.